The van der Waals surface area contributed by atoms with Crippen molar-refractivity contribution in [2.24, 2.45) is 0 Å². The molecule has 2 N–H and O–H groups in total. The highest BCUT2D eigenvalue weighted by Gasteiger charge is 2.16. The van der Waals surface area contributed by atoms with E-state index in [0.29, 0.717) is 12.1 Å². The van der Waals surface area contributed by atoms with Crippen LogP contribution in [0.1, 0.15) is 20.2 Å². The normalized spacial score (nSPS) is 10.6. The molecule has 1 aromatic heterocycles. The van der Waals surface area contributed by atoms with Gasteiger partial charge >= 0.3 is 0 Å². The number of rotatable bonds is 3. The third-order valence-electron chi connectivity index (χ3n) is 2.73. The van der Waals surface area contributed by atoms with E-state index in [1.807, 2.05) is 6.92 Å². The average Bonchev–Trinajstić information content (AvgIpc) is 2.79. The Bertz CT molecular complexity index is 634. The first-order valence-electron chi connectivity index (χ1n) is 5.79. The lowest BCUT2D eigenvalue weighted by Gasteiger charge is -2.16. The summed E-state index contributed by atoms with van der Waals surface area (Å²) in [7, 11) is 1.72. The van der Waals surface area contributed by atoms with Gasteiger partial charge in [-0.3, -0.25) is 4.79 Å². The number of halogens is 2. The van der Waals surface area contributed by atoms with Crippen LogP contribution in [0, 0.1) is 6.92 Å². The number of carbonyl (C=O) groups excluding carboxylic acids is 1. The summed E-state index contributed by atoms with van der Waals surface area (Å²) in [5.74, 6) is -0.167. The van der Waals surface area contributed by atoms with Crippen LogP contribution in [0.2, 0.25) is 10.0 Å². The lowest BCUT2D eigenvalue weighted by molar-refractivity contribution is 0.0786. The first-order valence-corrected chi connectivity index (χ1v) is 7.37. The SMILES string of the molecule is Cc1ncc(CN(C)C(=O)c2cc(Cl)c(N)c(Cl)c2)s1. The van der Waals surface area contributed by atoms with Crippen LogP contribution in [0.25, 0.3) is 0 Å². The van der Waals surface area contributed by atoms with Gasteiger partial charge in [-0.05, 0) is 19.1 Å². The maximum absolute atomic E-state index is 12.3. The van der Waals surface area contributed by atoms with Crippen molar-refractivity contribution in [1.82, 2.24) is 9.88 Å². The first kappa shape index (κ1) is 15.1. The van der Waals surface area contributed by atoms with Gasteiger partial charge in [0, 0.05) is 23.7 Å². The van der Waals surface area contributed by atoms with Gasteiger partial charge in [0.05, 0.1) is 27.3 Å². The van der Waals surface area contributed by atoms with Gasteiger partial charge in [0.25, 0.3) is 5.91 Å². The minimum Gasteiger partial charge on any atom is -0.396 e. The van der Waals surface area contributed by atoms with Crippen LogP contribution in [-0.2, 0) is 6.54 Å². The summed E-state index contributed by atoms with van der Waals surface area (Å²) in [5, 5.41) is 1.53. The molecule has 0 atom stereocenters. The number of hydrogen-bond donors (Lipinski definition) is 1. The summed E-state index contributed by atoms with van der Waals surface area (Å²) in [6.07, 6.45) is 1.77. The second kappa shape index (κ2) is 5.99. The molecule has 0 aliphatic heterocycles. The standard InChI is InChI=1S/C13H13Cl2N3OS/c1-7-17-5-9(20-7)6-18(2)13(19)8-3-10(14)12(16)11(15)4-8/h3-5H,6,16H2,1-2H3. The summed E-state index contributed by atoms with van der Waals surface area (Å²) in [6, 6.07) is 3.05. The zero-order chi connectivity index (χ0) is 14.9. The Morgan fingerprint density at radius 2 is 2.00 bits per heavy atom. The fourth-order valence-electron chi connectivity index (χ4n) is 1.71. The molecule has 0 saturated carbocycles. The molecule has 1 amide bonds. The number of nitrogen functional groups attached to an aromatic ring is 1. The summed E-state index contributed by atoms with van der Waals surface area (Å²) in [4.78, 5) is 19.1. The van der Waals surface area contributed by atoms with E-state index in [4.69, 9.17) is 28.9 Å². The van der Waals surface area contributed by atoms with E-state index in [9.17, 15) is 4.79 Å². The van der Waals surface area contributed by atoms with Gasteiger partial charge < -0.3 is 10.6 Å². The summed E-state index contributed by atoms with van der Waals surface area (Å²) >= 11 is 13.4. The highest BCUT2D eigenvalue weighted by molar-refractivity contribution is 7.11. The molecule has 0 fully saturated rings. The lowest BCUT2D eigenvalue weighted by Crippen LogP contribution is -2.25. The molecule has 20 heavy (non-hydrogen) atoms. The minimum absolute atomic E-state index is 0.167. The van der Waals surface area contributed by atoms with Crippen molar-refractivity contribution < 1.29 is 4.79 Å². The molecule has 106 valence electrons. The molecule has 0 aliphatic rings. The number of benzene rings is 1. The molecule has 4 nitrogen and oxygen atoms in total. The number of anilines is 1. The van der Waals surface area contributed by atoms with E-state index < -0.39 is 0 Å². The molecule has 1 aromatic carbocycles. The summed E-state index contributed by atoms with van der Waals surface area (Å²) in [6.45, 7) is 2.42. The molecule has 2 rings (SSSR count). The molecule has 0 bridgehead atoms. The molecular weight excluding hydrogens is 317 g/mol. The average molecular weight is 330 g/mol. The maximum Gasteiger partial charge on any atom is 0.254 e. The number of amides is 1. The van der Waals surface area contributed by atoms with Gasteiger partial charge in [0.15, 0.2) is 0 Å². The highest BCUT2D eigenvalue weighted by Crippen LogP contribution is 2.29. The van der Waals surface area contributed by atoms with Crippen molar-refractivity contribution in [1.29, 1.82) is 0 Å². The molecule has 7 heteroatoms. The fourth-order valence-corrected chi connectivity index (χ4v) is 3.05. The molecule has 1 heterocycles. The Morgan fingerprint density at radius 3 is 2.50 bits per heavy atom. The van der Waals surface area contributed by atoms with Gasteiger partial charge in [-0.2, -0.15) is 0 Å². The number of aryl methyl sites for hydroxylation is 1. The number of nitrogens with zero attached hydrogens (tertiary/aromatic N) is 2. The predicted molar refractivity (Wildman–Crippen MR) is 83.5 cm³/mol. The van der Waals surface area contributed by atoms with Gasteiger partial charge in [0.1, 0.15) is 0 Å². The third-order valence-corrected chi connectivity index (χ3v) is 4.26. The van der Waals surface area contributed by atoms with E-state index in [1.165, 1.54) is 12.1 Å². The molecule has 2 aromatic rings. The van der Waals surface area contributed by atoms with E-state index in [1.54, 1.807) is 29.5 Å². The topological polar surface area (TPSA) is 59.2 Å². The van der Waals surface area contributed by atoms with Crippen molar-refractivity contribution in [3.63, 3.8) is 0 Å². The molecule has 0 saturated heterocycles. The van der Waals surface area contributed by atoms with Crippen LogP contribution in [0.4, 0.5) is 5.69 Å². The second-order valence-corrected chi connectivity index (χ2v) is 6.49. The van der Waals surface area contributed by atoms with Gasteiger partial charge in [-0.15, -0.1) is 11.3 Å². The number of carbonyl (C=O) groups is 1. The summed E-state index contributed by atoms with van der Waals surface area (Å²) < 4.78 is 0. The summed E-state index contributed by atoms with van der Waals surface area (Å²) in [5.41, 5.74) is 6.36. The van der Waals surface area contributed by atoms with Gasteiger partial charge in [-0.1, -0.05) is 23.2 Å². The van der Waals surface area contributed by atoms with Gasteiger partial charge in [-0.25, -0.2) is 4.98 Å². The van der Waals surface area contributed by atoms with E-state index in [-0.39, 0.29) is 21.6 Å². The van der Waals surface area contributed by atoms with Crippen LogP contribution in [0.15, 0.2) is 18.3 Å². The Morgan fingerprint density at radius 1 is 1.40 bits per heavy atom. The highest BCUT2D eigenvalue weighted by atomic mass is 35.5. The number of aromatic nitrogens is 1. The van der Waals surface area contributed by atoms with Crippen molar-refractivity contribution in [3.05, 3.63) is 43.8 Å². The molecule has 0 aliphatic carbocycles. The first-order chi connectivity index (χ1) is 9.38. The molecule has 0 unspecified atom stereocenters. The van der Waals surface area contributed by atoms with E-state index in [0.717, 1.165) is 9.88 Å². The lowest BCUT2D eigenvalue weighted by atomic mass is 10.2. The number of thiazole rings is 1. The largest absolute Gasteiger partial charge is 0.396 e. The Hall–Kier alpha value is -1.30. The zero-order valence-electron chi connectivity index (χ0n) is 11.0. The van der Waals surface area contributed by atoms with Crippen LogP contribution >= 0.6 is 34.5 Å². The van der Waals surface area contributed by atoms with Crippen molar-refractivity contribution in [3.8, 4) is 0 Å². The van der Waals surface area contributed by atoms with Gasteiger partial charge in [0.2, 0.25) is 0 Å². The number of nitrogens with two attached hydrogens (primary N) is 1. The Labute approximate surface area is 131 Å². The molecule has 0 radical (unpaired) electrons. The predicted octanol–water partition coefficient (Wildman–Crippen LogP) is 3.61. The van der Waals surface area contributed by atoms with E-state index in [2.05, 4.69) is 4.98 Å². The number of hydrogen-bond acceptors (Lipinski definition) is 4. The maximum atomic E-state index is 12.3. The monoisotopic (exact) mass is 329 g/mol. The molecular formula is C13H13Cl2N3OS. The zero-order valence-corrected chi connectivity index (χ0v) is 13.3. The van der Waals surface area contributed by atoms with Crippen LogP contribution in [-0.4, -0.2) is 22.8 Å². The fraction of sp³-hybridized carbons (Fsp3) is 0.231. The van der Waals surface area contributed by atoms with E-state index >= 15 is 0 Å². The second-order valence-electron chi connectivity index (χ2n) is 4.36. The van der Waals surface area contributed by atoms with Crippen molar-refractivity contribution in [2.75, 3.05) is 12.8 Å². The van der Waals surface area contributed by atoms with Crippen molar-refractivity contribution in [2.45, 2.75) is 13.5 Å². The van der Waals surface area contributed by atoms with Crippen LogP contribution in [0.5, 0.6) is 0 Å². The Balaban J connectivity index is 2.18. The van der Waals surface area contributed by atoms with Crippen molar-refractivity contribution >= 4 is 46.1 Å². The quantitative estimate of drug-likeness (QED) is 0.875. The Kier molecular flexibility index (Phi) is 4.52. The van der Waals surface area contributed by atoms with Crippen LogP contribution < -0.4 is 5.73 Å². The van der Waals surface area contributed by atoms with Crippen LogP contribution in [0.3, 0.4) is 0 Å². The third kappa shape index (κ3) is 3.23. The minimum atomic E-state index is -0.167. The smallest absolute Gasteiger partial charge is 0.254 e. The molecule has 0 spiro atoms.